The Bertz CT molecular complexity index is 1250. The number of rotatable bonds is 12. The van der Waals surface area contributed by atoms with Gasteiger partial charge in [0.05, 0.1) is 18.0 Å². The van der Waals surface area contributed by atoms with Gasteiger partial charge in [-0.15, -0.1) is 13.2 Å². The number of alkyl halides is 3. The highest BCUT2D eigenvalue weighted by molar-refractivity contribution is 5.95. The molecule has 0 aliphatic carbocycles. The highest BCUT2D eigenvalue weighted by atomic mass is 19.4. The molecule has 0 fully saturated rings. The molecule has 0 saturated carbocycles. The molecular formula is C28H28F3N3O5. The molecule has 39 heavy (non-hydrogen) atoms. The Morgan fingerprint density at radius 3 is 2.18 bits per heavy atom. The maximum Gasteiger partial charge on any atom is 0.573 e. The van der Waals surface area contributed by atoms with Gasteiger partial charge in [0.25, 0.3) is 11.8 Å². The molecule has 3 rings (SSSR count). The predicted molar refractivity (Wildman–Crippen MR) is 136 cm³/mol. The highest BCUT2D eigenvalue weighted by Gasteiger charge is 2.32. The Morgan fingerprint density at radius 1 is 0.949 bits per heavy atom. The Hall–Kier alpha value is -4.41. The van der Waals surface area contributed by atoms with Gasteiger partial charge in [-0.3, -0.25) is 19.4 Å². The van der Waals surface area contributed by atoms with Gasteiger partial charge in [0.15, 0.2) is 0 Å². The molecule has 2 unspecified atom stereocenters. The quantitative estimate of drug-likeness (QED) is 0.288. The number of aliphatic carboxylic acids is 1. The SMILES string of the molecule is CCCC(c1ccc(C(=O)NCCC(=O)O)cc1)C(NC(=O)c1cccnc1)c1ccc(OC(F)(F)F)cc1. The number of nitrogens with one attached hydrogen (secondary N) is 2. The average Bonchev–Trinajstić information content (AvgIpc) is 2.90. The zero-order valence-corrected chi connectivity index (χ0v) is 21.1. The van der Waals surface area contributed by atoms with E-state index in [1.54, 1.807) is 36.4 Å². The monoisotopic (exact) mass is 543 g/mol. The number of halogens is 3. The van der Waals surface area contributed by atoms with Crippen molar-refractivity contribution in [2.45, 2.75) is 44.5 Å². The van der Waals surface area contributed by atoms with Crippen LogP contribution in [0.1, 0.15) is 70.0 Å². The molecule has 2 atom stereocenters. The minimum Gasteiger partial charge on any atom is -0.481 e. The molecule has 2 amide bonds. The number of carboxylic acid groups (broad SMARTS) is 1. The van der Waals surface area contributed by atoms with Crippen LogP contribution in [0.4, 0.5) is 13.2 Å². The molecule has 0 radical (unpaired) electrons. The summed E-state index contributed by atoms with van der Waals surface area (Å²) in [5.41, 5.74) is 2.02. The van der Waals surface area contributed by atoms with Crippen LogP contribution in [0.2, 0.25) is 0 Å². The van der Waals surface area contributed by atoms with Gasteiger partial charge in [-0.2, -0.15) is 0 Å². The van der Waals surface area contributed by atoms with Gasteiger partial charge in [0.2, 0.25) is 0 Å². The lowest BCUT2D eigenvalue weighted by Gasteiger charge is -2.29. The first-order valence-corrected chi connectivity index (χ1v) is 12.2. The van der Waals surface area contributed by atoms with Crippen LogP contribution in [0.3, 0.4) is 0 Å². The number of hydrogen-bond acceptors (Lipinski definition) is 5. The summed E-state index contributed by atoms with van der Waals surface area (Å²) in [5, 5.41) is 14.3. The lowest BCUT2D eigenvalue weighted by Crippen LogP contribution is -2.33. The van der Waals surface area contributed by atoms with Crippen LogP contribution in [0.25, 0.3) is 0 Å². The summed E-state index contributed by atoms with van der Waals surface area (Å²) in [4.78, 5) is 40.1. The van der Waals surface area contributed by atoms with E-state index in [9.17, 15) is 27.6 Å². The Balaban J connectivity index is 1.91. The number of ether oxygens (including phenoxy) is 1. The molecule has 0 aliphatic heterocycles. The van der Waals surface area contributed by atoms with Crippen molar-refractivity contribution in [3.8, 4) is 5.75 Å². The van der Waals surface area contributed by atoms with Gasteiger partial charge in [-0.25, -0.2) is 0 Å². The van der Waals surface area contributed by atoms with Gasteiger partial charge >= 0.3 is 12.3 Å². The lowest BCUT2D eigenvalue weighted by atomic mass is 9.83. The van der Waals surface area contributed by atoms with Gasteiger partial charge in [-0.05, 0) is 53.9 Å². The topological polar surface area (TPSA) is 118 Å². The van der Waals surface area contributed by atoms with E-state index in [0.29, 0.717) is 23.1 Å². The van der Waals surface area contributed by atoms with Gasteiger partial charge in [0, 0.05) is 30.4 Å². The molecule has 1 heterocycles. The largest absolute Gasteiger partial charge is 0.573 e. The first-order valence-electron chi connectivity index (χ1n) is 12.2. The smallest absolute Gasteiger partial charge is 0.481 e. The number of aromatic nitrogens is 1. The van der Waals surface area contributed by atoms with Crippen molar-refractivity contribution in [2.24, 2.45) is 0 Å². The van der Waals surface area contributed by atoms with E-state index < -0.39 is 30.2 Å². The Kier molecular flexibility index (Phi) is 10.0. The summed E-state index contributed by atoms with van der Waals surface area (Å²) in [5.74, 6) is -2.52. The average molecular weight is 544 g/mol. The fraction of sp³-hybridized carbons (Fsp3) is 0.286. The second kappa shape index (κ2) is 13.4. The minimum absolute atomic E-state index is 0.00905. The molecule has 0 aliphatic rings. The van der Waals surface area contributed by atoms with Crippen LogP contribution in [-0.4, -0.2) is 40.8 Å². The zero-order valence-electron chi connectivity index (χ0n) is 21.1. The van der Waals surface area contributed by atoms with Gasteiger partial charge < -0.3 is 20.5 Å². The van der Waals surface area contributed by atoms with E-state index in [-0.39, 0.29) is 24.6 Å². The van der Waals surface area contributed by atoms with Crippen LogP contribution >= 0.6 is 0 Å². The van der Waals surface area contributed by atoms with Crippen molar-refractivity contribution in [2.75, 3.05) is 6.54 Å². The van der Waals surface area contributed by atoms with Crippen molar-refractivity contribution < 1.29 is 37.4 Å². The van der Waals surface area contributed by atoms with E-state index in [1.165, 1.54) is 36.7 Å². The molecule has 0 spiro atoms. The zero-order chi connectivity index (χ0) is 28.4. The molecule has 2 aromatic carbocycles. The third kappa shape index (κ3) is 8.84. The van der Waals surface area contributed by atoms with E-state index in [0.717, 1.165) is 12.0 Å². The van der Waals surface area contributed by atoms with Crippen molar-refractivity contribution in [3.63, 3.8) is 0 Å². The number of benzene rings is 2. The molecule has 1 aromatic heterocycles. The summed E-state index contributed by atoms with van der Waals surface area (Å²) in [6, 6.07) is 14.6. The molecule has 206 valence electrons. The summed E-state index contributed by atoms with van der Waals surface area (Å²) in [6.45, 7) is 1.96. The number of nitrogens with zero attached hydrogens (tertiary/aromatic N) is 1. The van der Waals surface area contributed by atoms with Gasteiger partial charge in [0.1, 0.15) is 5.75 Å². The number of carbonyl (C=O) groups is 3. The molecule has 11 heteroatoms. The Morgan fingerprint density at radius 2 is 1.62 bits per heavy atom. The van der Waals surface area contributed by atoms with E-state index in [2.05, 4.69) is 20.4 Å². The molecule has 0 bridgehead atoms. The van der Waals surface area contributed by atoms with Crippen LogP contribution in [0, 0.1) is 0 Å². The second-order valence-electron chi connectivity index (χ2n) is 8.73. The number of carbonyl (C=O) groups excluding carboxylic acids is 2. The fourth-order valence-corrected chi connectivity index (χ4v) is 4.12. The van der Waals surface area contributed by atoms with E-state index in [4.69, 9.17) is 5.11 Å². The van der Waals surface area contributed by atoms with Crippen molar-refractivity contribution in [1.82, 2.24) is 15.6 Å². The summed E-state index contributed by atoms with van der Waals surface area (Å²) in [6.07, 6.45) is -0.735. The minimum atomic E-state index is -4.83. The van der Waals surface area contributed by atoms with E-state index >= 15 is 0 Å². The third-order valence-corrected chi connectivity index (χ3v) is 5.91. The fourth-order valence-electron chi connectivity index (χ4n) is 4.12. The van der Waals surface area contributed by atoms with Crippen LogP contribution in [-0.2, 0) is 4.79 Å². The van der Waals surface area contributed by atoms with Crippen LogP contribution < -0.4 is 15.4 Å². The van der Waals surface area contributed by atoms with Crippen molar-refractivity contribution >= 4 is 17.8 Å². The number of carboxylic acids is 1. The molecule has 3 aromatic rings. The van der Waals surface area contributed by atoms with Crippen molar-refractivity contribution in [3.05, 3.63) is 95.3 Å². The summed E-state index contributed by atoms with van der Waals surface area (Å²) < 4.78 is 42.0. The normalized spacial score (nSPS) is 12.7. The summed E-state index contributed by atoms with van der Waals surface area (Å²) >= 11 is 0. The molecule has 3 N–H and O–H groups in total. The standard InChI is InChI=1S/C28H28F3N3O5/c1-2-4-23(18-6-8-20(9-7-18)26(37)33-16-14-24(35)36)25(34-27(38)21-5-3-15-32-17-21)19-10-12-22(13-11-19)39-28(29,30)31/h3,5-13,15,17,23,25H,2,4,14,16H2,1H3,(H,33,37)(H,34,38)(H,35,36). The maximum absolute atomic E-state index is 13.1. The summed E-state index contributed by atoms with van der Waals surface area (Å²) in [7, 11) is 0. The predicted octanol–water partition coefficient (Wildman–Crippen LogP) is 5.24. The second-order valence-corrected chi connectivity index (χ2v) is 8.73. The Labute approximate surface area is 223 Å². The van der Waals surface area contributed by atoms with Gasteiger partial charge in [-0.1, -0.05) is 37.6 Å². The molecule has 8 nitrogen and oxygen atoms in total. The first kappa shape index (κ1) is 29.2. The van der Waals surface area contributed by atoms with E-state index in [1.807, 2.05) is 6.92 Å². The molecular weight excluding hydrogens is 515 g/mol. The number of hydrogen-bond donors (Lipinski definition) is 3. The first-order chi connectivity index (χ1) is 18.6. The third-order valence-electron chi connectivity index (χ3n) is 5.91. The maximum atomic E-state index is 13.1. The molecule has 0 saturated heterocycles. The van der Waals surface area contributed by atoms with Crippen LogP contribution in [0.5, 0.6) is 5.75 Å². The number of amides is 2. The van der Waals surface area contributed by atoms with Crippen LogP contribution in [0.15, 0.2) is 73.1 Å². The van der Waals surface area contributed by atoms with Crippen molar-refractivity contribution in [1.29, 1.82) is 0 Å². The number of pyridine rings is 1. The highest BCUT2D eigenvalue weighted by Crippen LogP contribution is 2.36. The lowest BCUT2D eigenvalue weighted by molar-refractivity contribution is -0.274.